The van der Waals surface area contributed by atoms with Crippen molar-refractivity contribution in [2.75, 3.05) is 5.73 Å². The summed E-state index contributed by atoms with van der Waals surface area (Å²) in [5, 5.41) is 2.18. The van der Waals surface area contributed by atoms with Gasteiger partial charge in [0.1, 0.15) is 5.82 Å². The van der Waals surface area contributed by atoms with Crippen molar-refractivity contribution < 1.29 is 4.39 Å². The molecule has 0 spiro atoms. The quantitative estimate of drug-likeness (QED) is 0.791. The van der Waals surface area contributed by atoms with Gasteiger partial charge in [0.15, 0.2) is 5.13 Å². The number of benzene rings is 1. The lowest BCUT2D eigenvalue weighted by Gasteiger charge is -2.09. The maximum atomic E-state index is 13.0. The molecule has 2 aromatic heterocycles. The van der Waals surface area contributed by atoms with E-state index in [-0.39, 0.29) is 11.4 Å². The summed E-state index contributed by atoms with van der Waals surface area (Å²) in [7, 11) is 1.68. The molecular formula is C15H12FN3OS. The van der Waals surface area contributed by atoms with Gasteiger partial charge in [0.05, 0.1) is 17.0 Å². The third-order valence-corrected chi connectivity index (χ3v) is 3.92. The molecule has 0 aliphatic heterocycles. The first-order valence-corrected chi connectivity index (χ1v) is 7.11. The Balaban J connectivity index is 2.12. The minimum Gasteiger partial charge on any atom is -0.375 e. The monoisotopic (exact) mass is 301 g/mol. The van der Waals surface area contributed by atoms with E-state index in [9.17, 15) is 9.18 Å². The SMILES string of the molecule is Cn1c(-c2ccc(F)cc2)ccc(-c2csc(N)n2)c1=O. The molecule has 0 aliphatic rings. The fraction of sp³-hybridized carbons (Fsp3) is 0.0667. The second-order valence-corrected chi connectivity index (χ2v) is 5.46. The predicted molar refractivity (Wildman–Crippen MR) is 82.6 cm³/mol. The molecule has 3 aromatic rings. The number of nitrogens with zero attached hydrogens (tertiary/aromatic N) is 2. The lowest BCUT2D eigenvalue weighted by atomic mass is 10.1. The number of pyridine rings is 1. The van der Waals surface area contributed by atoms with Gasteiger partial charge < -0.3 is 10.3 Å². The Morgan fingerprint density at radius 2 is 1.90 bits per heavy atom. The minimum absolute atomic E-state index is 0.165. The maximum Gasteiger partial charge on any atom is 0.260 e. The van der Waals surface area contributed by atoms with Gasteiger partial charge in [-0.3, -0.25) is 4.79 Å². The van der Waals surface area contributed by atoms with Crippen LogP contribution in [0.1, 0.15) is 0 Å². The highest BCUT2D eigenvalue weighted by Gasteiger charge is 2.11. The summed E-state index contributed by atoms with van der Waals surface area (Å²) in [6.45, 7) is 0. The van der Waals surface area contributed by atoms with Gasteiger partial charge in [-0.15, -0.1) is 11.3 Å². The van der Waals surface area contributed by atoms with Crippen LogP contribution in [0.5, 0.6) is 0 Å². The predicted octanol–water partition coefficient (Wildman–Crippen LogP) is 2.90. The van der Waals surface area contributed by atoms with Crippen LogP contribution in [0, 0.1) is 5.82 Å². The van der Waals surface area contributed by atoms with Crippen LogP contribution in [0.4, 0.5) is 9.52 Å². The van der Waals surface area contributed by atoms with Crippen LogP contribution >= 0.6 is 11.3 Å². The van der Waals surface area contributed by atoms with Crippen molar-refractivity contribution in [3.8, 4) is 22.5 Å². The molecule has 6 heteroatoms. The molecule has 1 aromatic carbocycles. The number of rotatable bonds is 2. The summed E-state index contributed by atoms with van der Waals surface area (Å²) in [5.41, 5.74) is 8.00. The van der Waals surface area contributed by atoms with Crippen LogP contribution in [-0.2, 0) is 7.05 Å². The highest BCUT2D eigenvalue weighted by Crippen LogP contribution is 2.23. The van der Waals surface area contributed by atoms with Crippen LogP contribution in [0.3, 0.4) is 0 Å². The lowest BCUT2D eigenvalue weighted by Crippen LogP contribution is -2.20. The van der Waals surface area contributed by atoms with Crippen LogP contribution in [0.25, 0.3) is 22.5 Å². The van der Waals surface area contributed by atoms with Crippen LogP contribution in [-0.4, -0.2) is 9.55 Å². The van der Waals surface area contributed by atoms with E-state index < -0.39 is 0 Å². The molecule has 3 rings (SSSR count). The van der Waals surface area contributed by atoms with E-state index in [2.05, 4.69) is 4.98 Å². The van der Waals surface area contributed by atoms with Gasteiger partial charge in [0, 0.05) is 12.4 Å². The Kier molecular flexibility index (Phi) is 3.31. The molecule has 0 radical (unpaired) electrons. The van der Waals surface area contributed by atoms with Crippen molar-refractivity contribution in [3.05, 3.63) is 57.9 Å². The third-order valence-electron chi connectivity index (χ3n) is 3.24. The molecule has 0 atom stereocenters. The number of hydrogen-bond acceptors (Lipinski definition) is 4. The molecule has 2 N–H and O–H groups in total. The Labute approximate surface area is 124 Å². The number of anilines is 1. The number of nitrogen functional groups attached to an aromatic ring is 1. The summed E-state index contributed by atoms with van der Waals surface area (Å²) in [6.07, 6.45) is 0. The second-order valence-electron chi connectivity index (χ2n) is 4.57. The average molecular weight is 301 g/mol. The molecule has 0 saturated carbocycles. The van der Waals surface area contributed by atoms with Gasteiger partial charge in [0.2, 0.25) is 0 Å². The van der Waals surface area contributed by atoms with Crippen molar-refractivity contribution in [2.45, 2.75) is 0 Å². The van der Waals surface area contributed by atoms with Crippen molar-refractivity contribution in [3.63, 3.8) is 0 Å². The summed E-state index contributed by atoms with van der Waals surface area (Å²) in [4.78, 5) is 16.6. The summed E-state index contributed by atoms with van der Waals surface area (Å²) < 4.78 is 14.5. The first-order chi connectivity index (χ1) is 10.1. The molecule has 0 amide bonds. The molecule has 0 saturated heterocycles. The first kappa shape index (κ1) is 13.5. The van der Waals surface area contributed by atoms with E-state index in [1.54, 1.807) is 30.6 Å². The molecule has 2 heterocycles. The molecule has 21 heavy (non-hydrogen) atoms. The second kappa shape index (κ2) is 5.14. The van der Waals surface area contributed by atoms with E-state index in [0.717, 1.165) is 5.56 Å². The number of hydrogen-bond donors (Lipinski definition) is 1. The van der Waals surface area contributed by atoms with Gasteiger partial charge in [-0.1, -0.05) is 0 Å². The van der Waals surface area contributed by atoms with Crippen molar-refractivity contribution in [2.24, 2.45) is 7.05 Å². The zero-order chi connectivity index (χ0) is 15.0. The van der Waals surface area contributed by atoms with Gasteiger partial charge >= 0.3 is 0 Å². The summed E-state index contributed by atoms with van der Waals surface area (Å²) in [6, 6.07) is 9.56. The third kappa shape index (κ3) is 2.45. The zero-order valence-corrected chi connectivity index (χ0v) is 12.0. The first-order valence-electron chi connectivity index (χ1n) is 6.23. The van der Waals surface area contributed by atoms with E-state index in [1.807, 2.05) is 6.07 Å². The Morgan fingerprint density at radius 1 is 1.19 bits per heavy atom. The van der Waals surface area contributed by atoms with Crippen molar-refractivity contribution >= 4 is 16.5 Å². The highest BCUT2D eigenvalue weighted by atomic mass is 32.1. The molecule has 106 valence electrons. The zero-order valence-electron chi connectivity index (χ0n) is 11.2. The molecular weight excluding hydrogens is 289 g/mol. The number of halogens is 1. The molecule has 0 unspecified atom stereocenters. The maximum absolute atomic E-state index is 13.0. The van der Waals surface area contributed by atoms with E-state index in [0.29, 0.717) is 22.1 Å². The topological polar surface area (TPSA) is 60.9 Å². The Morgan fingerprint density at radius 3 is 2.52 bits per heavy atom. The highest BCUT2D eigenvalue weighted by molar-refractivity contribution is 7.13. The Hall–Kier alpha value is -2.47. The molecule has 0 aliphatic carbocycles. The molecule has 0 bridgehead atoms. The van der Waals surface area contributed by atoms with Gasteiger partial charge in [0.25, 0.3) is 5.56 Å². The smallest absolute Gasteiger partial charge is 0.260 e. The number of aromatic nitrogens is 2. The van der Waals surface area contributed by atoms with Gasteiger partial charge in [-0.25, -0.2) is 9.37 Å². The van der Waals surface area contributed by atoms with Gasteiger partial charge in [-0.05, 0) is 42.0 Å². The van der Waals surface area contributed by atoms with Crippen LogP contribution < -0.4 is 11.3 Å². The summed E-state index contributed by atoms with van der Waals surface area (Å²) in [5.74, 6) is -0.307. The molecule has 0 fully saturated rings. The molecule has 4 nitrogen and oxygen atoms in total. The average Bonchev–Trinajstić information content (AvgIpc) is 2.89. The number of nitrogens with two attached hydrogens (primary N) is 1. The fourth-order valence-corrected chi connectivity index (χ4v) is 2.72. The minimum atomic E-state index is -0.307. The normalized spacial score (nSPS) is 10.8. The summed E-state index contributed by atoms with van der Waals surface area (Å²) >= 11 is 1.29. The van der Waals surface area contributed by atoms with E-state index >= 15 is 0 Å². The fourth-order valence-electron chi connectivity index (χ4n) is 2.15. The van der Waals surface area contributed by atoms with E-state index in [4.69, 9.17) is 5.73 Å². The standard InChI is InChI=1S/C15H12FN3OS/c1-19-13(9-2-4-10(16)5-3-9)7-6-11(14(19)20)12-8-21-15(17)18-12/h2-8H,1H3,(H2,17,18). The number of thiazole rings is 1. The van der Waals surface area contributed by atoms with E-state index in [1.165, 1.54) is 28.0 Å². The lowest BCUT2D eigenvalue weighted by molar-refractivity contribution is 0.628. The van der Waals surface area contributed by atoms with Crippen molar-refractivity contribution in [1.29, 1.82) is 0 Å². The van der Waals surface area contributed by atoms with Crippen LogP contribution in [0.2, 0.25) is 0 Å². The Bertz CT molecular complexity index is 852. The van der Waals surface area contributed by atoms with Crippen molar-refractivity contribution in [1.82, 2.24) is 9.55 Å². The van der Waals surface area contributed by atoms with Gasteiger partial charge in [-0.2, -0.15) is 0 Å². The van der Waals surface area contributed by atoms with Crippen LogP contribution in [0.15, 0.2) is 46.6 Å². The largest absolute Gasteiger partial charge is 0.375 e.